The Morgan fingerprint density at radius 1 is 1.35 bits per heavy atom. The lowest BCUT2D eigenvalue weighted by Crippen LogP contribution is -2.13. The highest BCUT2D eigenvalue weighted by Crippen LogP contribution is 2.03. The summed E-state index contributed by atoms with van der Waals surface area (Å²) in [5.74, 6) is -2.64. The summed E-state index contributed by atoms with van der Waals surface area (Å²) in [4.78, 5) is 36.0. The van der Waals surface area contributed by atoms with Gasteiger partial charge in [-0.2, -0.15) is 0 Å². The number of hydrogen-bond donors (Lipinski definition) is 1. The van der Waals surface area contributed by atoms with Crippen LogP contribution in [-0.2, 0) is 14.3 Å². The zero-order valence-electron chi connectivity index (χ0n) is 8.87. The van der Waals surface area contributed by atoms with Crippen LogP contribution in [0.3, 0.4) is 0 Å². The molecule has 0 aromatic carbocycles. The number of ether oxygens (including phenoxy) is 2. The van der Waals surface area contributed by atoms with Gasteiger partial charge in [0.2, 0.25) is 6.79 Å². The van der Waals surface area contributed by atoms with Crippen LogP contribution in [0.25, 0.3) is 0 Å². The number of hydrogen-bond acceptors (Lipinski definition) is 6. The first-order valence-corrected chi connectivity index (χ1v) is 4.50. The van der Waals surface area contributed by atoms with Crippen molar-refractivity contribution in [1.82, 2.24) is 4.98 Å². The van der Waals surface area contributed by atoms with Crippen molar-refractivity contribution < 1.29 is 29.0 Å². The molecular formula is C10H9NO6. The maximum atomic E-state index is 11.3. The minimum Gasteiger partial charge on any atom is -0.478 e. The van der Waals surface area contributed by atoms with Crippen molar-refractivity contribution >= 4 is 17.9 Å². The SMILES string of the molecule is CC(=O)OCOC(=O)c1cc(C(=O)O)ccn1. The quantitative estimate of drug-likeness (QED) is 0.601. The normalized spacial score (nSPS) is 9.47. The van der Waals surface area contributed by atoms with Crippen molar-refractivity contribution in [2.75, 3.05) is 6.79 Å². The van der Waals surface area contributed by atoms with Crippen molar-refractivity contribution in [2.45, 2.75) is 6.92 Å². The first kappa shape index (κ1) is 12.6. The summed E-state index contributed by atoms with van der Waals surface area (Å²) < 4.78 is 8.92. The van der Waals surface area contributed by atoms with Crippen LogP contribution in [0.15, 0.2) is 18.3 Å². The first-order valence-electron chi connectivity index (χ1n) is 4.50. The molecule has 7 heteroatoms. The molecule has 0 unspecified atom stereocenters. The number of aromatic nitrogens is 1. The van der Waals surface area contributed by atoms with Gasteiger partial charge in [-0.25, -0.2) is 14.6 Å². The van der Waals surface area contributed by atoms with E-state index < -0.39 is 24.7 Å². The third-order valence-electron chi connectivity index (χ3n) is 1.67. The van der Waals surface area contributed by atoms with Gasteiger partial charge in [0.05, 0.1) is 5.56 Å². The molecule has 0 amide bonds. The standard InChI is InChI=1S/C10H9NO6/c1-6(12)16-5-17-10(15)8-4-7(9(13)14)2-3-11-8/h2-4H,5H2,1H3,(H,13,14). The van der Waals surface area contributed by atoms with Crippen molar-refractivity contribution in [2.24, 2.45) is 0 Å². The minimum atomic E-state index is -1.18. The van der Waals surface area contributed by atoms with Crippen LogP contribution >= 0.6 is 0 Å². The maximum Gasteiger partial charge on any atom is 0.359 e. The fourth-order valence-electron chi connectivity index (χ4n) is 0.915. The van der Waals surface area contributed by atoms with Crippen LogP contribution < -0.4 is 0 Å². The summed E-state index contributed by atoms with van der Waals surface area (Å²) in [5, 5.41) is 8.69. The Hall–Kier alpha value is -2.44. The van der Waals surface area contributed by atoms with Crippen LogP contribution in [0.1, 0.15) is 27.8 Å². The molecule has 0 spiro atoms. The summed E-state index contributed by atoms with van der Waals surface area (Å²) in [7, 11) is 0. The first-order chi connectivity index (χ1) is 8.00. The molecule has 0 bridgehead atoms. The molecule has 1 N–H and O–H groups in total. The number of carboxylic acids is 1. The second-order valence-corrected chi connectivity index (χ2v) is 2.92. The Labute approximate surface area is 96.0 Å². The average Bonchev–Trinajstić information content (AvgIpc) is 2.28. The molecule has 1 rings (SSSR count). The lowest BCUT2D eigenvalue weighted by molar-refractivity contribution is -0.149. The lowest BCUT2D eigenvalue weighted by Gasteiger charge is -2.04. The molecule has 0 saturated heterocycles. The van der Waals surface area contributed by atoms with Crippen LogP contribution in [0.4, 0.5) is 0 Å². The smallest absolute Gasteiger partial charge is 0.359 e. The second-order valence-electron chi connectivity index (χ2n) is 2.92. The van der Waals surface area contributed by atoms with E-state index in [1.54, 1.807) is 0 Å². The third-order valence-corrected chi connectivity index (χ3v) is 1.67. The second kappa shape index (κ2) is 5.59. The monoisotopic (exact) mass is 239 g/mol. The van der Waals surface area contributed by atoms with Crippen LogP contribution in [0.5, 0.6) is 0 Å². The van der Waals surface area contributed by atoms with Gasteiger partial charge in [0.25, 0.3) is 0 Å². The number of nitrogens with zero attached hydrogens (tertiary/aromatic N) is 1. The number of aromatic carboxylic acids is 1. The summed E-state index contributed by atoms with van der Waals surface area (Å²) >= 11 is 0. The highest BCUT2D eigenvalue weighted by atomic mass is 16.7. The molecule has 0 aliphatic rings. The van der Waals surface area contributed by atoms with Crippen molar-refractivity contribution in [1.29, 1.82) is 0 Å². The zero-order chi connectivity index (χ0) is 12.8. The highest BCUT2D eigenvalue weighted by molar-refractivity contribution is 5.92. The Morgan fingerprint density at radius 2 is 2.06 bits per heavy atom. The van der Waals surface area contributed by atoms with E-state index in [1.807, 2.05) is 0 Å². The Kier molecular flexibility index (Phi) is 4.15. The lowest BCUT2D eigenvalue weighted by atomic mass is 10.2. The van der Waals surface area contributed by atoms with Gasteiger partial charge in [-0.05, 0) is 12.1 Å². The molecular weight excluding hydrogens is 230 g/mol. The van der Waals surface area contributed by atoms with Crippen LogP contribution in [0, 0.1) is 0 Å². The van der Waals surface area contributed by atoms with Gasteiger partial charge in [0.15, 0.2) is 0 Å². The predicted molar refractivity (Wildman–Crippen MR) is 53.2 cm³/mol. The highest BCUT2D eigenvalue weighted by Gasteiger charge is 2.12. The fourth-order valence-corrected chi connectivity index (χ4v) is 0.915. The van der Waals surface area contributed by atoms with Gasteiger partial charge in [-0.15, -0.1) is 0 Å². The van der Waals surface area contributed by atoms with Crippen molar-refractivity contribution in [3.63, 3.8) is 0 Å². The van der Waals surface area contributed by atoms with Crippen LogP contribution in [0.2, 0.25) is 0 Å². The summed E-state index contributed by atoms with van der Waals surface area (Å²) in [6, 6.07) is 2.31. The van der Waals surface area contributed by atoms with Crippen molar-refractivity contribution in [3.05, 3.63) is 29.6 Å². The van der Waals surface area contributed by atoms with E-state index in [2.05, 4.69) is 14.5 Å². The van der Waals surface area contributed by atoms with Crippen LogP contribution in [-0.4, -0.2) is 34.8 Å². The summed E-state index contributed by atoms with van der Waals surface area (Å²) in [6.45, 7) is 0.629. The zero-order valence-corrected chi connectivity index (χ0v) is 8.87. The molecule has 0 aliphatic carbocycles. The van der Waals surface area contributed by atoms with Gasteiger partial charge < -0.3 is 14.6 Å². The van der Waals surface area contributed by atoms with Gasteiger partial charge in [-0.3, -0.25) is 4.79 Å². The average molecular weight is 239 g/mol. The van der Waals surface area contributed by atoms with Gasteiger partial charge in [0.1, 0.15) is 5.69 Å². The molecule has 17 heavy (non-hydrogen) atoms. The van der Waals surface area contributed by atoms with E-state index in [1.165, 1.54) is 12.3 Å². The summed E-state index contributed by atoms with van der Waals surface area (Å²) in [5.41, 5.74) is -0.253. The molecule has 7 nitrogen and oxygen atoms in total. The Morgan fingerprint density at radius 3 is 2.65 bits per heavy atom. The number of rotatable bonds is 4. The van der Waals surface area contributed by atoms with Gasteiger partial charge in [-0.1, -0.05) is 0 Å². The maximum absolute atomic E-state index is 11.3. The molecule has 1 aromatic heterocycles. The largest absolute Gasteiger partial charge is 0.478 e. The number of esters is 2. The fraction of sp³-hybridized carbons (Fsp3) is 0.200. The Bertz CT molecular complexity index is 456. The summed E-state index contributed by atoms with van der Waals surface area (Å²) in [6.07, 6.45) is 1.17. The molecule has 1 heterocycles. The van der Waals surface area contributed by atoms with Crippen molar-refractivity contribution in [3.8, 4) is 0 Å². The number of carboxylic acid groups (broad SMARTS) is 1. The van der Waals surface area contributed by atoms with E-state index in [-0.39, 0.29) is 11.3 Å². The minimum absolute atomic E-state index is 0.0839. The van der Waals surface area contributed by atoms with Gasteiger partial charge >= 0.3 is 17.9 Å². The van der Waals surface area contributed by atoms with E-state index in [0.29, 0.717) is 0 Å². The molecule has 0 atom stereocenters. The number of pyridine rings is 1. The van der Waals surface area contributed by atoms with E-state index >= 15 is 0 Å². The molecule has 1 aromatic rings. The van der Waals surface area contributed by atoms with E-state index in [9.17, 15) is 14.4 Å². The molecule has 90 valence electrons. The van der Waals surface area contributed by atoms with Gasteiger partial charge in [0, 0.05) is 13.1 Å². The third kappa shape index (κ3) is 3.90. The topological polar surface area (TPSA) is 103 Å². The van der Waals surface area contributed by atoms with E-state index in [4.69, 9.17) is 5.11 Å². The predicted octanol–water partition coefficient (Wildman–Crippen LogP) is 0.457. The number of carbonyl (C=O) groups is 3. The molecule has 0 fully saturated rings. The van der Waals surface area contributed by atoms with E-state index in [0.717, 1.165) is 13.0 Å². The Balaban J connectivity index is 2.65. The molecule has 0 aliphatic heterocycles. The number of carbonyl (C=O) groups excluding carboxylic acids is 2. The molecule has 0 radical (unpaired) electrons. The molecule has 0 saturated carbocycles.